The zero-order chi connectivity index (χ0) is 55.3. The summed E-state index contributed by atoms with van der Waals surface area (Å²) in [6.45, 7) is 16.8. The van der Waals surface area contributed by atoms with Crippen LogP contribution in [0.5, 0.6) is 0 Å². The van der Waals surface area contributed by atoms with E-state index in [0.717, 1.165) is 51.8 Å². The molecule has 0 amide bonds. The average Bonchev–Trinajstić information content (AvgIpc) is 3.39. The van der Waals surface area contributed by atoms with Crippen molar-refractivity contribution in [2.45, 2.75) is 343 Å². The minimum absolute atomic E-state index is 0.637. The van der Waals surface area contributed by atoms with Gasteiger partial charge < -0.3 is 31.0 Å². The van der Waals surface area contributed by atoms with Crippen molar-refractivity contribution >= 4 is 30.8 Å². The second kappa shape index (κ2) is 94.8. The zero-order valence-corrected chi connectivity index (χ0v) is 50.0. The van der Waals surface area contributed by atoms with Crippen LogP contribution < -0.4 is 0 Å². The molecule has 0 heterocycles. The van der Waals surface area contributed by atoms with Gasteiger partial charge in [-0.15, -0.1) is 0 Å². The molecule has 0 aliphatic carbocycles. The van der Waals surface area contributed by atoms with Crippen molar-refractivity contribution < 1.29 is 57.9 Å². The first-order chi connectivity index (χ1) is 35.2. The van der Waals surface area contributed by atoms with Crippen LogP contribution in [0.1, 0.15) is 343 Å². The molecule has 9 heteroatoms. The molecule has 0 aromatic heterocycles. The Morgan fingerprint density at radius 1 is 0.333 bits per heavy atom. The number of carbonyl (C=O) groups excluding carboxylic acids is 3. The SMILES string of the molecule is C=CC(=O)O.C=CC(=O)O.CCCCCCCCCCCCCCCCC[C-]=O.CCCCCCCCCCCCCCCCC[C-]=O.CCCCCCCCCCCCCCCCC[C-]=O.C[CH-]C.[O]=[Ti]. The standard InChI is InChI=1S/3C18H35O.2C3H4O2.C3H7.O.Ti/c3*1-2-3-4-5-6-7-8-9-10-11-12-13-14-15-16-17-18-19;2*1-2-3(4)5;1-3-2;;/h3*2-17H2,1H3;2*2H,1H2,(H,4,5);3H,1-2H3;;/q3*-1;;;-1;;. The van der Waals surface area contributed by atoms with E-state index in [1.165, 1.54) is 270 Å². The predicted molar refractivity (Wildman–Crippen MR) is 308 cm³/mol. The Bertz CT molecular complexity index is 882. The van der Waals surface area contributed by atoms with Crippen molar-refractivity contribution in [2.24, 2.45) is 0 Å². The molecule has 2 N–H and O–H groups in total. The fraction of sp³-hybridized carbons (Fsp3) is 0.841. The number of hydrogen-bond acceptors (Lipinski definition) is 6. The van der Waals surface area contributed by atoms with E-state index in [4.69, 9.17) is 13.5 Å². The van der Waals surface area contributed by atoms with Crippen LogP contribution >= 0.6 is 0 Å². The van der Waals surface area contributed by atoms with Crippen LogP contribution in [0.4, 0.5) is 0 Å². The summed E-state index contributed by atoms with van der Waals surface area (Å²) in [6.07, 6.45) is 73.3. The molecule has 0 saturated heterocycles. The first kappa shape index (κ1) is 83.9. The number of carbonyl (C=O) groups is 2. The summed E-state index contributed by atoms with van der Waals surface area (Å²) in [5.74, 6) is -1.96. The molecule has 0 aromatic rings. The Labute approximate surface area is 460 Å². The zero-order valence-electron chi connectivity index (χ0n) is 48.4. The van der Waals surface area contributed by atoms with Crippen LogP contribution in [0.25, 0.3) is 0 Å². The molecule has 0 bridgehead atoms. The average molecular weight is 1050 g/mol. The number of carboxylic acid groups (broad SMARTS) is 2. The Hall–Kier alpha value is -2.06. The van der Waals surface area contributed by atoms with E-state index in [1.54, 1.807) is 0 Å². The summed E-state index contributed by atoms with van der Waals surface area (Å²) >= 11 is 0.750. The Balaban J connectivity index is -0.000000154. The van der Waals surface area contributed by atoms with Gasteiger partial charge in [0.2, 0.25) is 0 Å². The fourth-order valence-electron chi connectivity index (χ4n) is 7.71. The van der Waals surface area contributed by atoms with E-state index in [1.807, 2.05) is 39.1 Å². The molecule has 0 fully saturated rings. The summed E-state index contributed by atoms with van der Waals surface area (Å²) in [5, 5.41) is 15.2. The fourth-order valence-corrected chi connectivity index (χ4v) is 7.71. The van der Waals surface area contributed by atoms with Crippen molar-refractivity contribution in [3.63, 3.8) is 0 Å². The van der Waals surface area contributed by atoms with Gasteiger partial charge in [0.05, 0.1) is 0 Å². The van der Waals surface area contributed by atoms with E-state index in [9.17, 15) is 24.0 Å². The molecule has 72 heavy (non-hydrogen) atoms. The van der Waals surface area contributed by atoms with E-state index >= 15 is 0 Å². The van der Waals surface area contributed by atoms with Crippen LogP contribution in [0, 0.1) is 6.42 Å². The van der Waals surface area contributed by atoms with Crippen LogP contribution in [-0.2, 0) is 47.7 Å². The topological polar surface area (TPSA) is 143 Å². The van der Waals surface area contributed by atoms with Gasteiger partial charge in [0.1, 0.15) is 0 Å². The maximum absolute atomic E-state index is 10.0. The molecule has 0 unspecified atom stereocenters. The second-order valence-corrected chi connectivity index (χ2v) is 19.2. The molecule has 0 aromatic carbocycles. The maximum atomic E-state index is 10.0. The van der Waals surface area contributed by atoms with Gasteiger partial charge in [-0.1, -0.05) is 323 Å². The third-order valence-electron chi connectivity index (χ3n) is 12.0. The number of carboxylic acids is 2. The molecular formula is C63H120O8Ti-4. The molecule has 8 nitrogen and oxygen atoms in total. The van der Waals surface area contributed by atoms with Crippen LogP contribution in [0.3, 0.4) is 0 Å². The molecule has 0 spiro atoms. The van der Waals surface area contributed by atoms with E-state index in [2.05, 4.69) is 33.9 Å². The number of unbranched alkanes of at least 4 members (excludes halogenated alkanes) is 45. The van der Waals surface area contributed by atoms with Crippen molar-refractivity contribution in [1.82, 2.24) is 0 Å². The Kier molecular flexibility index (Phi) is 110. The molecular weight excluding hydrogens is 933 g/mol. The van der Waals surface area contributed by atoms with Crippen molar-refractivity contribution in [1.29, 1.82) is 0 Å². The first-order valence-electron chi connectivity index (χ1n) is 29.9. The summed E-state index contributed by atoms with van der Waals surface area (Å²) < 4.78 is 8.25. The van der Waals surface area contributed by atoms with E-state index in [-0.39, 0.29) is 0 Å². The molecule has 0 saturated carbocycles. The van der Waals surface area contributed by atoms with Gasteiger partial charge in [-0.2, -0.15) is 33.1 Å². The quantitative estimate of drug-likeness (QED) is 0.0265. The van der Waals surface area contributed by atoms with Crippen molar-refractivity contribution in [3.05, 3.63) is 31.7 Å². The normalized spacial score (nSPS) is 9.72. The third kappa shape index (κ3) is 122. The van der Waals surface area contributed by atoms with Gasteiger partial charge in [0.25, 0.3) is 0 Å². The van der Waals surface area contributed by atoms with Gasteiger partial charge in [0, 0.05) is 12.2 Å². The van der Waals surface area contributed by atoms with Gasteiger partial charge >= 0.3 is 35.7 Å². The van der Waals surface area contributed by atoms with E-state index < -0.39 is 11.9 Å². The number of rotatable bonds is 50. The Morgan fingerprint density at radius 2 is 0.431 bits per heavy atom. The number of hydrogen-bond donors (Lipinski definition) is 2. The monoisotopic (exact) mass is 1050 g/mol. The van der Waals surface area contributed by atoms with Crippen LogP contribution in [0.15, 0.2) is 25.3 Å². The van der Waals surface area contributed by atoms with Crippen LogP contribution in [0.2, 0.25) is 0 Å². The van der Waals surface area contributed by atoms with E-state index in [0.29, 0.717) is 19.3 Å². The first-order valence-corrected chi connectivity index (χ1v) is 30.5. The molecule has 0 radical (unpaired) electrons. The summed E-state index contributed by atoms with van der Waals surface area (Å²) in [6, 6.07) is 0. The van der Waals surface area contributed by atoms with Gasteiger partial charge in [-0.25, -0.2) is 9.59 Å². The molecule has 0 aliphatic heterocycles. The van der Waals surface area contributed by atoms with Crippen molar-refractivity contribution in [2.75, 3.05) is 0 Å². The third-order valence-corrected chi connectivity index (χ3v) is 12.0. The molecule has 428 valence electrons. The summed E-state index contributed by atoms with van der Waals surface area (Å²) in [5.41, 5.74) is 0. The molecule has 0 rings (SSSR count). The van der Waals surface area contributed by atoms with Crippen molar-refractivity contribution in [3.8, 4) is 0 Å². The molecule has 0 aliphatic rings. The Morgan fingerprint density at radius 3 is 0.514 bits per heavy atom. The number of aliphatic carboxylic acids is 2. The predicted octanol–water partition coefficient (Wildman–Crippen LogP) is 20.7. The minimum atomic E-state index is -0.981. The molecule has 0 atom stereocenters. The van der Waals surface area contributed by atoms with Gasteiger partial charge in [0.15, 0.2) is 0 Å². The summed E-state index contributed by atoms with van der Waals surface area (Å²) in [7, 11) is 0. The van der Waals surface area contributed by atoms with Crippen LogP contribution in [-0.4, -0.2) is 41.0 Å². The van der Waals surface area contributed by atoms with Gasteiger partial charge in [-0.3, -0.25) is 18.9 Å². The van der Waals surface area contributed by atoms with Gasteiger partial charge in [-0.05, 0) is 0 Å². The summed E-state index contributed by atoms with van der Waals surface area (Å²) in [4.78, 5) is 48.5. The second-order valence-electron chi connectivity index (χ2n) is 19.2.